The van der Waals surface area contributed by atoms with Gasteiger partial charge >= 0.3 is 5.97 Å². The molecule has 0 radical (unpaired) electrons. The van der Waals surface area contributed by atoms with Crippen LogP contribution >= 0.6 is 11.9 Å². The molecule has 0 aliphatic rings. The molecule has 3 aromatic carbocycles. The summed E-state index contributed by atoms with van der Waals surface area (Å²) >= 11 is 0.899. The molecule has 3 rings (SSSR count). The Morgan fingerprint density at radius 1 is 0.953 bits per heavy atom. The monoisotopic (exact) mass is 609 g/mol. The van der Waals surface area contributed by atoms with Crippen LogP contribution in [0.25, 0.3) is 0 Å². The number of hydrazine groups is 1. The molecule has 0 spiro atoms. The molecule has 15 heteroatoms. The molecule has 0 aliphatic heterocycles. The van der Waals surface area contributed by atoms with E-state index in [1.807, 2.05) is 0 Å². The van der Waals surface area contributed by atoms with Gasteiger partial charge in [0.1, 0.15) is 4.90 Å². The van der Waals surface area contributed by atoms with Crippen LogP contribution < -0.4 is 16.9 Å². The van der Waals surface area contributed by atoms with Crippen molar-refractivity contribution >= 4 is 35.3 Å². The Hall–Kier alpha value is -5.02. The Morgan fingerprint density at radius 2 is 1.53 bits per heavy atom. The van der Waals surface area contributed by atoms with Crippen molar-refractivity contribution in [2.24, 2.45) is 16.5 Å². The maximum absolute atomic E-state index is 14.5. The summed E-state index contributed by atoms with van der Waals surface area (Å²) in [6, 6.07) is 22.3. The molecule has 0 saturated carbocycles. The van der Waals surface area contributed by atoms with Gasteiger partial charge in [-0.05, 0) is 48.4 Å². The Kier molecular flexibility index (Phi) is 11.5. The van der Waals surface area contributed by atoms with Gasteiger partial charge in [0.05, 0.1) is 11.0 Å². The number of hydrogen-bond donors (Lipinski definition) is 4. The first-order valence-electron chi connectivity index (χ1n) is 13.0. The third kappa shape index (κ3) is 8.98. The maximum Gasteiger partial charge on any atom is 0.343 e. The van der Waals surface area contributed by atoms with Gasteiger partial charge in [-0.3, -0.25) is 19.9 Å². The van der Waals surface area contributed by atoms with Crippen LogP contribution in [0.4, 0.5) is 5.69 Å². The summed E-state index contributed by atoms with van der Waals surface area (Å²) in [5.41, 5.74) is 11.0. The van der Waals surface area contributed by atoms with Gasteiger partial charge in [0, 0.05) is 19.2 Å². The normalized spacial score (nSPS) is 13.0. The number of benzene rings is 3. The van der Waals surface area contributed by atoms with Gasteiger partial charge in [-0.1, -0.05) is 72.8 Å². The molecule has 6 N–H and O–H groups in total. The van der Waals surface area contributed by atoms with Gasteiger partial charge in [-0.2, -0.15) is 0 Å². The van der Waals surface area contributed by atoms with Crippen LogP contribution in [-0.2, 0) is 22.6 Å². The number of aliphatic carboxylic acids is 1. The molecular weight excluding hydrogens is 578 g/mol. The molecule has 0 saturated heterocycles. The lowest BCUT2D eigenvalue weighted by molar-refractivity contribution is -0.554. The van der Waals surface area contributed by atoms with E-state index in [0.717, 1.165) is 17.5 Å². The summed E-state index contributed by atoms with van der Waals surface area (Å²) in [5.74, 6) is -3.02. The van der Waals surface area contributed by atoms with Crippen molar-refractivity contribution < 1.29 is 24.7 Å². The molecule has 0 amide bonds. The fourth-order valence-electron chi connectivity index (χ4n) is 4.43. The number of carbonyl (C=O) groups excluding carboxylic acids is 1. The van der Waals surface area contributed by atoms with Crippen LogP contribution in [0.3, 0.4) is 0 Å². The number of nitrogens with zero attached hydrogens (tertiary/aromatic N) is 4. The van der Waals surface area contributed by atoms with Gasteiger partial charge in [0.2, 0.25) is 0 Å². The number of ketones is 1. The summed E-state index contributed by atoms with van der Waals surface area (Å²) < 4.78 is 1.53. The summed E-state index contributed by atoms with van der Waals surface area (Å²) in [7, 11) is 0. The van der Waals surface area contributed by atoms with Gasteiger partial charge < -0.3 is 16.6 Å². The summed E-state index contributed by atoms with van der Waals surface area (Å²) in [4.78, 5) is 54.3. The topological polar surface area (TPSA) is 220 Å². The minimum absolute atomic E-state index is 0.0446. The van der Waals surface area contributed by atoms with Crippen LogP contribution in [0.1, 0.15) is 24.0 Å². The minimum atomic E-state index is -2.68. The van der Waals surface area contributed by atoms with E-state index >= 15 is 0 Å². The van der Waals surface area contributed by atoms with E-state index in [2.05, 4.69) is 4.99 Å². The lowest BCUT2D eigenvalue weighted by atomic mass is 9.83. The number of nitro benzene ring substituents is 1. The highest BCUT2D eigenvalue weighted by atomic mass is 32.2. The zero-order valence-corrected chi connectivity index (χ0v) is 23.8. The molecule has 0 heterocycles. The molecule has 0 unspecified atom stereocenters. The average Bonchev–Trinajstić information content (AvgIpc) is 2.97. The van der Waals surface area contributed by atoms with Gasteiger partial charge in [-0.15, -0.1) is 5.43 Å². The Bertz CT molecular complexity index is 1460. The zero-order valence-electron chi connectivity index (χ0n) is 22.9. The lowest BCUT2D eigenvalue weighted by Crippen LogP contribution is -2.65. The zero-order chi connectivity index (χ0) is 31.4. The number of Topliss-reactive ketones (excluding diaryl/α,β-unsaturated/α-hetero) is 1. The standard InChI is InChI=1S/C28H31N7O7S/c29-27(30)31-17-9-16-28(26(37)38,32-35(41)42)25(36)23(18-20-10-3-1-4-11-20)33(19-21-12-5-2-6-13-21)43-24-15-8-7-14-22(24)34(39)40/h1-8,10-15,23,32H,9,16-19H2,(H,37,38)(H4,29,30,31)/t23-,28+/m0/s1. The fourth-order valence-corrected chi connectivity index (χ4v) is 5.57. The first kappa shape index (κ1) is 32.5. The van der Waals surface area contributed by atoms with E-state index in [0.29, 0.717) is 5.56 Å². The molecular formula is C28H31N7O7S. The van der Waals surface area contributed by atoms with E-state index in [4.69, 9.17) is 11.5 Å². The largest absolute Gasteiger partial charge is 0.479 e. The highest BCUT2D eigenvalue weighted by Crippen LogP contribution is 2.36. The SMILES string of the molecule is NC(N)=NCCC[C@](N[N+](=O)[O-])(C(=O)O)C(=O)[C@H](Cc1ccccc1)N(Cc1ccccc1)Sc1ccccc1[N+](=O)[O-]. The van der Waals surface area contributed by atoms with E-state index < -0.39 is 39.7 Å². The third-order valence-electron chi connectivity index (χ3n) is 6.45. The van der Waals surface area contributed by atoms with Crippen LogP contribution in [0, 0.1) is 20.2 Å². The van der Waals surface area contributed by atoms with Crippen LogP contribution in [0.15, 0.2) is 94.8 Å². The third-order valence-corrected chi connectivity index (χ3v) is 7.61. The van der Waals surface area contributed by atoms with Gasteiger partial charge in [0.25, 0.3) is 11.2 Å². The quantitative estimate of drug-likeness (QED) is 0.0330. The highest BCUT2D eigenvalue weighted by molar-refractivity contribution is 7.97. The Labute approximate surface area is 251 Å². The molecule has 0 bridgehead atoms. The first-order valence-corrected chi connectivity index (χ1v) is 13.8. The minimum Gasteiger partial charge on any atom is -0.479 e. The number of guanidine groups is 1. The highest BCUT2D eigenvalue weighted by Gasteiger charge is 2.54. The van der Waals surface area contributed by atoms with Crippen molar-refractivity contribution in [3.05, 3.63) is 116 Å². The number of carboxylic acids is 1. The van der Waals surface area contributed by atoms with Crippen LogP contribution in [0.2, 0.25) is 0 Å². The van der Waals surface area contributed by atoms with Crippen molar-refractivity contribution in [1.82, 2.24) is 9.73 Å². The first-order chi connectivity index (χ1) is 20.5. The number of carbonyl (C=O) groups is 2. The molecule has 14 nitrogen and oxygen atoms in total. The van der Waals surface area contributed by atoms with Crippen molar-refractivity contribution in [2.75, 3.05) is 6.54 Å². The second-order valence-corrected chi connectivity index (χ2v) is 10.5. The van der Waals surface area contributed by atoms with Crippen LogP contribution in [0.5, 0.6) is 0 Å². The van der Waals surface area contributed by atoms with E-state index in [1.54, 1.807) is 72.2 Å². The van der Waals surface area contributed by atoms with E-state index in [9.17, 15) is 34.9 Å². The molecule has 2 atom stereocenters. The number of para-hydroxylation sites is 1. The van der Waals surface area contributed by atoms with Crippen LogP contribution in [-0.4, -0.2) is 55.2 Å². The number of nitro groups is 2. The summed E-state index contributed by atoms with van der Waals surface area (Å²) in [6.45, 7) is -0.0327. The van der Waals surface area contributed by atoms with Crippen molar-refractivity contribution in [1.29, 1.82) is 0 Å². The Balaban J connectivity index is 2.18. The number of nitrogens with one attached hydrogen (secondary N) is 1. The average molecular weight is 610 g/mol. The molecule has 0 fully saturated rings. The van der Waals surface area contributed by atoms with E-state index in [-0.39, 0.29) is 42.5 Å². The van der Waals surface area contributed by atoms with Gasteiger partial charge in [0.15, 0.2) is 16.8 Å². The molecule has 3 aromatic rings. The summed E-state index contributed by atoms with van der Waals surface area (Å²) in [5, 5.41) is 32.9. The molecule has 226 valence electrons. The van der Waals surface area contributed by atoms with E-state index in [1.165, 1.54) is 22.5 Å². The number of carboxylic acid groups (broad SMARTS) is 1. The maximum atomic E-state index is 14.5. The smallest absolute Gasteiger partial charge is 0.343 e. The van der Waals surface area contributed by atoms with Crippen molar-refractivity contribution in [2.45, 2.75) is 42.3 Å². The predicted molar refractivity (Wildman–Crippen MR) is 160 cm³/mol. The number of rotatable bonds is 17. The van der Waals surface area contributed by atoms with Crippen molar-refractivity contribution in [3.63, 3.8) is 0 Å². The second kappa shape index (κ2) is 15.3. The van der Waals surface area contributed by atoms with Gasteiger partial charge in [-0.25, -0.2) is 19.2 Å². The van der Waals surface area contributed by atoms with Crippen molar-refractivity contribution in [3.8, 4) is 0 Å². The fraction of sp³-hybridized carbons (Fsp3) is 0.250. The number of aliphatic imine (C=N–C) groups is 1. The second-order valence-electron chi connectivity index (χ2n) is 9.44. The summed E-state index contributed by atoms with van der Waals surface area (Å²) in [6.07, 6.45) is -0.646. The Morgan fingerprint density at radius 3 is 2.09 bits per heavy atom. The lowest BCUT2D eigenvalue weighted by Gasteiger charge is -2.35. The number of nitrogens with two attached hydrogens (primary N) is 2. The molecule has 0 aliphatic carbocycles. The molecule has 0 aromatic heterocycles. The number of hydrogen-bond acceptors (Lipinski definition) is 9. The molecule has 43 heavy (non-hydrogen) atoms. The predicted octanol–water partition coefficient (Wildman–Crippen LogP) is 2.94.